The van der Waals surface area contributed by atoms with Gasteiger partial charge in [0.05, 0.1) is 19.7 Å². The minimum absolute atomic E-state index is 0.0105. The van der Waals surface area contributed by atoms with Crippen molar-refractivity contribution in [2.24, 2.45) is 0 Å². The van der Waals surface area contributed by atoms with Crippen LogP contribution in [0.15, 0.2) is 36.7 Å². The van der Waals surface area contributed by atoms with Crippen molar-refractivity contribution in [3.63, 3.8) is 0 Å². The summed E-state index contributed by atoms with van der Waals surface area (Å²) in [5.41, 5.74) is 2.59. The molecule has 0 bridgehead atoms. The molecule has 1 aliphatic heterocycles. The number of ether oxygens (including phenoxy) is 3. The quantitative estimate of drug-likeness (QED) is 0.589. The molecule has 168 valence electrons. The molecule has 0 unspecified atom stereocenters. The molecule has 4 rings (SSSR count). The number of hydrogen-bond donors (Lipinski definition) is 2. The van der Waals surface area contributed by atoms with E-state index in [0.29, 0.717) is 43.2 Å². The molecular formula is C23H26N4O5. The van der Waals surface area contributed by atoms with Crippen LogP contribution in [-0.2, 0) is 0 Å². The first-order valence-electron chi connectivity index (χ1n) is 10.4. The number of aromatic nitrogens is 2. The van der Waals surface area contributed by atoms with Gasteiger partial charge in [-0.2, -0.15) is 0 Å². The topological polar surface area (TPSA) is 106 Å². The summed E-state index contributed by atoms with van der Waals surface area (Å²) < 4.78 is 16.9. The van der Waals surface area contributed by atoms with Crippen molar-refractivity contribution in [2.45, 2.75) is 25.9 Å². The third-order valence-corrected chi connectivity index (χ3v) is 5.58. The highest BCUT2D eigenvalue weighted by atomic mass is 16.5. The zero-order chi connectivity index (χ0) is 22.7. The Hall–Kier alpha value is -3.75. The molecule has 1 aromatic heterocycles. The lowest BCUT2D eigenvalue weighted by Gasteiger charge is -2.30. The Morgan fingerprint density at radius 1 is 1.06 bits per heavy atom. The Kier molecular flexibility index (Phi) is 6.16. The predicted octanol–water partition coefficient (Wildman–Crippen LogP) is 4.22. The van der Waals surface area contributed by atoms with E-state index in [-0.39, 0.29) is 6.10 Å². The van der Waals surface area contributed by atoms with Crippen molar-refractivity contribution in [3.8, 4) is 17.2 Å². The fourth-order valence-corrected chi connectivity index (χ4v) is 3.82. The number of carbonyl (C=O) groups is 1. The fourth-order valence-electron chi connectivity index (χ4n) is 3.82. The Balaban J connectivity index is 1.50. The van der Waals surface area contributed by atoms with Gasteiger partial charge in [-0.25, -0.2) is 14.8 Å². The van der Waals surface area contributed by atoms with Gasteiger partial charge in [-0.3, -0.25) is 0 Å². The third kappa shape index (κ3) is 4.46. The normalized spacial score (nSPS) is 14.3. The van der Waals surface area contributed by atoms with Crippen molar-refractivity contribution >= 4 is 28.5 Å². The van der Waals surface area contributed by atoms with Gasteiger partial charge in [0, 0.05) is 43.1 Å². The fraction of sp³-hybridized carbons (Fsp3) is 0.348. The molecule has 0 spiro atoms. The number of hydrogen-bond acceptors (Lipinski definition) is 7. The van der Waals surface area contributed by atoms with Gasteiger partial charge in [-0.15, -0.1) is 0 Å². The molecule has 3 aromatic rings. The first-order valence-corrected chi connectivity index (χ1v) is 10.4. The molecule has 9 nitrogen and oxygen atoms in total. The average molecular weight is 438 g/mol. The molecule has 1 aliphatic rings. The maximum absolute atomic E-state index is 11.1. The number of likely N-dealkylation sites (tertiary alicyclic amines) is 1. The minimum Gasteiger partial charge on any atom is -0.493 e. The largest absolute Gasteiger partial charge is 0.493 e. The Morgan fingerprint density at radius 2 is 1.78 bits per heavy atom. The number of anilines is 2. The van der Waals surface area contributed by atoms with Crippen molar-refractivity contribution in [1.82, 2.24) is 14.9 Å². The van der Waals surface area contributed by atoms with Crippen LogP contribution in [0.25, 0.3) is 10.9 Å². The molecule has 2 N–H and O–H groups in total. The van der Waals surface area contributed by atoms with E-state index in [1.807, 2.05) is 37.3 Å². The van der Waals surface area contributed by atoms with Gasteiger partial charge in [0.25, 0.3) is 0 Å². The van der Waals surface area contributed by atoms with Gasteiger partial charge in [0.1, 0.15) is 24.0 Å². The molecule has 32 heavy (non-hydrogen) atoms. The summed E-state index contributed by atoms with van der Waals surface area (Å²) in [5, 5.41) is 13.3. The summed E-state index contributed by atoms with van der Waals surface area (Å²) in [6.07, 6.45) is 2.01. The Labute approximate surface area is 185 Å². The summed E-state index contributed by atoms with van der Waals surface area (Å²) in [7, 11) is 3.18. The summed E-state index contributed by atoms with van der Waals surface area (Å²) in [5.74, 6) is 2.66. The molecule has 2 heterocycles. The van der Waals surface area contributed by atoms with Crippen molar-refractivity contribution in [1.29, 1.82) is 0 Å². The van der Waals surface area contributed by atoms with Gasteiger partial charge in [0.2, 0.25) is 0 Å². The molecule has 0 atom stereocenters. The van der Waals surface area contributed by atoms with E-state index in [1.54, 1.807) is 14.2 Å². The van der Waals surface area contributed by atoms with E-state index in [4.69, 9.17) is 19.3 Å². The second kappa shape index (κ2) is 9.17. The molecular weight excluding hydrogens is 412 g/mol. The van der Waals surface area contributed by atoms with E-state index in [9.17, 15) is 4.79 Å². The number of benzene rings is 2. The predicted molar refractivity (Wildman–Crippen MR) is 120 cm³/mol. The molecule has 0 saturated carbocycles. The molecule has 1 saturated heterocycles. The summed E-state index contributed by atoms with van der Waals surface area (Å²) >= 11 is 0. The number of nitrogens with zero attached hydrogens (tertiary/aromatic N) is 3. The number of methoxy groups -OCH3 is 2. The van der Waals surface area contributed by atoms with Crippen LogP contribution in [0, 0.1) is 6.92 Å². The Morgan fingerprint density at radius 3 is 2.44 bits per heavy atom. The number of piperidine rings is 1. The maximum atomic E-state index is 11.1. The molecule has 9 heteroatoms. The number of rotatable bonds is 6. The smallest absolute Gasteiger partial charge is 0.407 e. The number of amides is 1. The van der Waals surface area contributed by atoms with Crippen molar-refractivity contribution < 1.29 is 24.1 Å². The lowest BCUT2D eigenvalue weighted by atomic mass is 10.1. The lowest BCUT2D eigenvalue weighted by Crippen LogP contribution is -2.41. The average Bonchev–Trinajstić information content (AvgIpc) is 2.80. The highest BCUT2D eigenvalue weighted by Crippen LogP contribution is 2.35. The van der Waals surface area contributed by atoms with Crippen LogP contribution in [0.3, 0.4) is 0 Å². The van der Waals surface area contributed by atoms with Crippen LogP contribution in [0.1, 0.15) is 18.4 Å². The first kappa shape index (κ1) is 21.5. The summed E-state index contributed by atoms with van der Waals surface area (Å²) in [4.78, 5) is 21.2. The first-order chi connectivity index (χ1) is 15.5. The second-order valence-electron chi connectivity index (χ2n) is 7.64. The zero-order valence-electron chi connectivity index (χ0n) is 18.3. The highest BCUT2D eigenvalue weighted by Gasteiger charge is 2.23. The SMILES string of the molecule is COc1cc2ncnc(Nc3ccc(OC4CCN(C(=O)O)CC4)c(C)c3)c2cc1OC. The lowest BCUT2D eigenvalue weighted by molar-refractivity contribution is 0.0891. The number of carboxylic acid groups (broad SMARTS) is 1. The van der Waals surface area contributed by atoms with Gasteiger partial charge in [-0.1, -0.05) is 0 Å². The van der Waals surface area contributed by atoms with Crippen molar-refractivity contribution in [2.75, 3.05) is 32.6 Å². The van der Waals surface area contributed by atoms with Crippen molar-refractivity contribution in [3.05, 3.63) is 42.2 Å². The monoisotopic (exact) mass is 438 g/mol. The van der Waals surface area contributed by atoms with E-state index < -0.39 is 6.09 Å². The van der Waals surface area contributed by atoms with Crippen LogP contribution in [0.5, 0.6) is 17.2 Å². The standard InChI is InChI=1S/C23H26N4O5/c1-14-10-15(4-5-19(14)32-16-6-8-27(9-7-16)23(28)29)26-22-17-11-20(30-2)21(31-3)12-18(17)24-13-25-22/h4-5,10-13,16H,6-9H2,1-3H3,(H,28,29)(H,24,25,26). The summed E-state index contributed by atoms with van der Waals surface area (Å²) in [6, 6.07) is 9.53. The number of nitrogens with one attached hydrogen (secondary N) is 1. The summed E-state index contributed by atoms with van der Waals surface area (Å²) in [6.45, 7) is 2.97. The van der Waals surface area contributed by atoms with Gasteiger partial charge >= 0.3 is 6.09 Å². The van der Waals surface area contributed by atoms with Crippen LogP contribution in [-0.4, -0.2) is 59.5 Å². The van der Waals surface area contributed by atoms with Crippen LogP contribution < -0.4 is 19.5 Å². The van der Waals surface area contributed by atoms with Crippen LogP contribution >= 0.6 is 0 Å². The Bertz CT molecular complexity index is 1130. The maximum Gasteiger partial charge on any atom is 0.407 e. The van der Waals surface area contributed by atoms with E-state index >= 15 is 0 Å². The van der Waals surface area contributed by atoms with E-state index in [2.05, 4.69) is 15.3 Å². The molecule has 2 aromatic carbocycles. The molecule has 1 amide bonds. The van der Waals surface area contributed by atoms with Crippen LogP contribution in [0.4, 0.5) is 16.3 Å². The van der Waals surface area contributed by atoms with E-state index in [0.717, 1.165) is 27.9 Å². The number of fused-ring (bicyclic) bond motifs is 1. The minimum atomic E-state index is -0.872. The van der Waals surface area contributed by atoms with Gasteiger partial charge in [0.15, 0.2) is 11.5 Å². The van der Waals surface area contributed by atoms with Gasteiger partial charge < -0.3 is 29.5 Å². The van der Waals surface area contributed by atoms with Crippen LogP contribution in [0.2, 0.25) is 0 Å². The zero-order valence-corrected chi connectivity index (χ0v) is 18.3. The van der Waals surface area contributed by atoms with E-state index in [1.165, 1.54) is 11.2 Å². The third-order valence-electron chi connectivity index (χ3n) is 5.58. The molecule has 0 aliphatic carbocycles. The second-order valence-corrected chi connectivity index (χ2v) is 7.64. The highest BCUT2D eigenvalue weighted by molar-refractivity contribution is 5.93. The van der Waals surface area contributed by atoms with Gasteiger partial charge in [-0.05, 0) is 36.8 Å². The number of aryl methyl sites for hydroxylation is 1. The molecule has 1 fully saturated rings. The molecule has 0 radical (unpaired) electrons.